The van der Waals surface area contributed by atoms with Crippen molar-refractivity contribution >= 4 is 46.1 Å². The van der Waals surface area contributed by atoms with Crippen molar-refractivity contribution in [2.75, 3.05) is 44.2 Å². The molecule has 0 bridgehead atoms. The van der Waals surface area contributed by atoms with Crippen LogP contribution < -0.4 is 10.5 Å². The topological polar surface area (TPSA) is 72.6 Å². The van der Waals surface area contributed by atoms with Gasteiger partial charge in [-0.15, -0.1) is 0 Å². The summed E-state index contributed by atoms with van der Waals surface area (Å²) in [5.74, 6) is 0.743. The van der Waals surface area contributed by atoms with Crippen LogP contribution in [0.3, 0.4) is 0 Å². The highest BCUT2D eigenvalue weighted by Gasteiger charge is 2.33. The molecule has 196 valence electrons. The number of rotatable bonds is 11. The molecule has 1 aromatic rings. The van der Waals surface area contributed by atoms with Crippen LogP contribution in [-0.4, -0.2) is 63.9 Å². The van der Waals surface area contributed by atoms with Gasteiger partial charge in [-0.05, 0) is 37.9 Å². The van der Waals surface area contributed by atoms with Crippen LogP contribution in [0.15, 0.2) is 9.70 Å². The normalized spacial score (nSPS) is 17.9. The van der Waals surface area contributed by atoms with Crippen LogP contribution in [0.1, 0.15) is 76.0 Å². The van der Waals surface area contributed by atoms with Crippen molar-refractivity contribution in [1.29, 1.82) is 5.26 Å². The molecule has 3 rings (SSSR count). The number of likely N-dealkylation sites (N-methyl/N-ethyl adjacent to an activating group) is 1. The number of nitrogens with zero attached hydrogens (tertiary/aromatic N) is 5. The molecule has 3 heterocycles. The predicted molar refractivity (Wildman–Crippen MR) is 153 cm³/mol. The van der Waals surface area contributed by atoms with Gasteiger partial charge in [0.2, 0.25) is 0 Å². The molecule has 2 saturated heterocycles. The third-order valence-corrected chi connectivity index (χ3v) is 8.42. The van der Waals surface area contributed by atoms with Gasteiger partial charge in [-0.3, -0.25) is 19.1 Å². The molecule has 0 atom stereocenters. The summed E-state index contributed by atoms with van der Waals surface area (Å²) in [6.07, 6.45) is 8.24. The highest BCUT2D eigenvalue weighted by molar-refractivity contribution is 8.26. The lowest BCUT2D eigenvalue weighted by molar-refractivity contribution is -0.122. The Morgan fingerprint density at radius 3 is 2.31 bits per heavy atom. The van der Waals surface area contributed by atoms with E-state index in [9.17, 15) is 14.9 Å². The van der Waals surface area contributed by atoms with E-state index in [4.69, 9.17) is 12.2 Å². The molecule has 0 saturated carbocycles. The Bertz CT molecular complexity index is 1100. The largest absolute Gasteiger partial charge is 0.355 e. The molecule has 2 fully saturated rings. The van der Waals surface area contributed by atoms with E-state index in [1.165, 1.54) is 31.0 Å². The quantitative estimate of drug-likeness (QED) is 0.233. The molecule has 0 spiro atoms. The Morgan fingerprint density at radius 1 is 1.00 bits per heavy atom. The third kappa shape index (κ3) is 6.21. The van der Waals surface area contributed by atoms with Gasteiger partial charge in [0.15, 0.2) is 0 Å². The van der Waals surface area contributed by atoms with Crippen LogP contribution in [0, 0.1) is 18.3 Å². The Balaban J connectivity index is 2.02. The Labute approximate surface area is 225 Å². The van der Waals surface area contributed by atoms with Crippen molar-refractivity contribution in [1.82, 2.24) is 14.4 Å². The molecule has 0 aliphatic carbocycles. The van der Waals surface area contributed by atoms with Crippen molar-refractivity contribution in [3.8, 4) is 6.07 Å². The zero-order chi connectivity index (χ0) is 26.2. The van der Waals surface area contributed by atoms with Gasteiger partial charge < -0.3 is 9.80 Å². The van der Waals surface area contributed by atoms with E-state index in [0.29, 0.717) is 27.9 Å². The first-order valence-corrected chi connectivity index (χ1v) is 14.5. The molecule has 0 N–H and O–H groups in total. The highest BCUT2D eigenvalue weighted by Crippen LogP contribution is 2.36. The van der Waals surface area contributed by atoms with Gasteiger partial charge in [0.1, 0.15) is 21.8 Å². The van der Waals surface area contributed by atoms with Crippen LogP contribution in [0.2, 0.25) is 0 Å². The lowest BCUT2D eigenvalue weighted by atomic mass is 10.0. The Kier molecular flexibility index (Phi) is 10.6. The standard InChI is InChI=1S/C27H39N5O2S2/c1-5-8-9-10-11-13-32-26(34)23(36-27(32)35)18-21-20(4)22(19-28)25(33)31(12-6-2)24(21)30-16-14-29(7-3)15-17-30/h18H,5-17H2,1-4H3/b23-18-. The zero-order valence-electron chi connectivity index (χ0n) is 22.1. The van der Waals surface area contributed by atoms with Gasteiger partial charge in [0, 0.05) is 44.8 Å². The number of piperazine rings is 1. The van der Waals surface area contributed by atoms with Crippen LogP contribution in [0.25, 0.3) is 6.08 Å². The number of carbonyl (C=O) groups excluding carboxylic acids is 1. The molecule has 9 heteroatoms. The summed E-state index contributed by atoms with van der Waals surface area (Å²) in [7, 11) is 0. The molecule has 0 radical (unpaired) electrons. The summed E-state index contributed by atoms with van der Waals surface area (Å²) in [5.41, 5.74) is 1.32. The average molecular weight is 530 g/mol. The first kappa shape index (κ1) is 28.4. The summed E-state index contributed by atoms with van der Waals surface area (Å²) in [6.45, 7) is 13.8. The van der Waals surface area contributed by atoms with Crippen molar-refractivity contribution in [3.05, 3.63) is 31.9 Å². The van der Waals surface area contributed by atoms with Crippen LogP contribution in [-0.2, 0) is 11.3 Å². The van der Waals surface area contributed by atoms with E-state index in [-0.39, 0.29) is 17.0 Å². The number of aromatic nitrogens is 1. The van der Waals surface area contributed by atoms with Gasteiger partial charge in [0.05, 0.1) is 4.91 Å². The van der Waals surface area contributed by atoms with Gasteiger partial charge in [-0.2, -0.15) is 5.26 Å². The molecule has 0 aromatic carbocycles. The maximum atomic E-state index is 13.3. The lowest BCUT2D eigenvalue weighted by Gasteiger charge is -2.37. The number of thioether (sulfide) groups is 1. The summed E-state index contributed by atoms with van der Waals surface area (Å²) in [5, 5.41) is 9.83. The number of thiocarbonyl (C=S) groups is 1. The third-order valence-electron chi connectivity index (χ3n) is 7.05. The molecular weight excluding hydrogens is 490 g/mol. The van der Waals surface area contributed by atoms with Gasteiger partial charge in [-0.1, -0.05) is 70.4 Å². The average Bonchev–Trinajstić information content (AvgIpc) is 3.14. The fourth-order valence-corrected chi connectivity index (χ4v) is 6.18. The van der Waals surface area contributed by atoms with Crippen LogP contribution in [0.4, 0.5) is 5.82 Å². The van der Waals surface area contributed by atoms with Crippen molar-refractivity contribution in [2.45, 2.75) is 72.8 Å². The lowest BCUT2D eigenvalue weighted by Crippen LogP contribution is -2.48. The summed E-state index contributed by atoms with van der Waals surface area (Å²) >= 11 is 6.89. The number of carbonyl (C=O) groups is 1. The summed E-state index contributed by atoms with van der Waals surface area (Å²) in [6, 6.07) is 2.13. The summed E-state index contributed by atoms with van der Waals surface area (Å²) in [4.78, 5) is 33.6. The Hall–Kier alpha value is -2.15. The Morgan fingerprint density at radius 2 is 1.69 bits per heavy atom. The van der Waals surface area contributed by atoms with E-state index < -0.39 is 0 Å². The number of hydrogen-bond donors (Lipinski definition) is 0. The van der Waals surface area contributed by atoms with Gasteiger partial charge in [0.25, 0.3) is 11.5 Å². The molecule has 7 nitrogen and oxygen atoms in total. The number of unbranched alkanes of at least 4 members (excludes halogenated alkanes) is 4. The molecule has 1 amide bonds. The molecule has 2 aliphatic rings. The van der Waals surface area contributed by atoms with E-state index >= 15 is 0 Å². The van der Waals surface area contributed by atoms with E-state index in [0.717, 1.165) is 63.4 Å². The van der Waals surface area contributed by atoms with Gasteiger partial charge >= 0.3 is 0 Å². The molecular formula is C27H39N5O2S2. The van der Waals surface area contributed by atoms with Crippen molar-refractivity contribution in [2.24, 2.45) is 0 Å². The van der Waals surface area contributed by atoms with Crippen LogP contribution in [0.5, 0.6) is 0 Å². The first-order chi connectivity index (χ1) is 17.4. The zero-order valence-corrected chi connectivity index (χ0v) is 23.8. The maximum Gasteiger partial charge on any atom is 0.270 e. The number of hydrogen-bond acceptors (Lipinski definition) is 7. The van der Waals surface area contributed by atoms with E-state index in [2.05, 4.69) is 29.7 Å². The van der Waals surface area contributed by atoms with Crippen molar-refractivity contribution in [3.63, 3.8) is 0 Å². The van der Waals surface area contributed by atoms with Crippen molar-refractivity contribution < 1.29 is 4.79 Å². The van der Waals surface area contributed by atoms with E-state index in [1.807, 2.05) is 19.9 Å². The fourth-order valence-electron chi connectivity index (χ4n) is 4.89. The fraction of sp³-hybridized carbons (Fsp3) is 0.630. The number of anilines is 1. The predicted octanol–water partition coefficient (Wildman–Crippen LogP) is 4.75. The highest BCUT2D eigenvalue weighted by atomic mass is 32.2. The number of nitriles is 1. The molecule has 36 heavy (non-hydrogen) atoms. The number of pyridine rings is 1. The minimum Gasteiger partial charge on any atom is -0.355 e. The second-order valence-electron chi connectivity index (χ2n) is 9.47. The first-order valence-electron chi connectivity index (χ1n) is 13.3. The van der Waals surface area contributed by atoms with E-state index in [1.54, 1.807) is 9.47 Å². The molecule has 1 aromatic heterocycles. The van der Waals surface area contributed by atoms with Gasteiger partial charge in [-0.25, -0.2) is 0 Å². The maximum absolute atomic E-state index is 13.3. The summed E-state index contributed by atoms with van der Waals surface area (Å²) < 4.78 is 2.33. The minimum absolute atomic E-state index is 0.0756. The SMILES string of the molecule is CCCCCCCN1C(=O)/C(=C/c2c(C)c(C#N)c(=O)n(CCC)c2N2CCN(CC)CC2)SC1=S. The smallest absolute Gasteiger partial charge is 0.270 e. The monoisotopic (exact) mass is 529 g/mol. The molecule has 2 aliphatic heterocycles. The minimum atomic E-state index is -0.249. The second kappa shape index (κ2) is 13.4. The second-order valence-corrected chi connectivity index (χ2v) is 11.2. The number of amides is 1. The van der Waals surface area contributed by atoms with Crippen LogP contribution >= 0.6 is 24.0 Å². The molecule has 0 unspecified atom stereocenters.